The first-order valence-corrected chi connectivity index (χ1v) is 7.55. The smallest absolute Gasteiger partial charge is 0.226 e. The van der Waals surface area contributed by atoms with Gasteiger partial charge in [-0.05, 0) is 44.9 Å². The first kappa shape index (κ1) is 16.4. The normalized spacial score (nSPS) is 31.5. The summed E-state index contributed by atoms with van der Waals surface area (Å²) >= 11 is 0. The van der Waals surface area contributed by atoms with Crippen LogP contribution in [0.15, 0.2) is 0 Å². The van der Waals surface area contributed by atoms with Crippen LogP contribution in [-0.4, -0.2) is 41.1 Å². The van der Waals surface area contributed by atoms with Gasteiger partial charge >= 0.3 is 0 Å². The van der Waals surface area contributed by atoms with Gasteiger partial charge in [0.25, 0.3) is 0 Å². The molecule has 0 radical (unpaired) electrons. The molecule has 0 aliphatic heterocycles. The molecule has 4 nitrogen and oxygen atoms in total. The number of nitrogens with zero attached hydrogens (tertiary/aromatic N) is 1. The molecule has 4 unspecified atom stereocenters. The summed E-state index contributed by atoms with van der Waals surface area (Å²) in [4.78, 5) is 14.6. The van der Waals surface area contributed by atoms with Gasteiger partial charge in [-0.1, -0.05) is 13.8 Å². The Hall–Kier alpha value is -0.610. The number of nitrogens with two attached hydrogens (primary N) is 1. The number of hydrogen-bond acceptors (Lipinski definition) is 3. The predicted octanol–water partition coefficient (Wildman–Crippen LogP) is 1.62. The van der Waals surface area contributed by atoms with Crippen LogP contribution in [0.1, 0.15) is 47.0 Å². The monoisotopic (exact) mass is 270 g/mol. The summed E-state index contributed by atoms with van der Waals surface area (Å²) in [5.74, 6) is 1.17. The van der Waals surface area contributed by atoms with Crippen LogP contribution in [0.4, 0.5) is 0 Å². The van der Waals surface area contributed by atoms with E-state index in [0.717, 1.165) is 12.8 Å². The number of carbonyl (C=O) groups is 1. The van der Waals surface area contributed by atoms with Crippen molar-refractivity contribution in [3.63, 3.8) is 0 Å². The van der Waals surface area contributed by atoms with E-state index in [1.54, 1.807) is 0 Å². The summed E-state index contributed by atoms with van der Waals surface area (Å²) in [6, 6.07) is 0.318. The number of aliphatic hydroxyl groups excluding tert-OH is 1. The quantitative estimate of drug-likeness (QED) is 0.797. The average molecular weight is 270 g/mol. The van der Waals surface area contributed by atoms with Gasteiger partial charge in [0.05, 0.1) is 0 Å². The third-order valence-electron chi connectivity index (χ3n) is 4.47. The molecule has 19 heavy (non-hydrogen) atoms. The SMILES string of the molecule is CC1CC(C)C(C(=O)N(CCCO)C(C)C)CC1N. The van der Waals surface area contributed by atoms with E-state index in [2.05, 4.69) is 13.8 Å². The minimum atomic E-state index is 0.0484. The highest BCUT2D eigenvalue weighted by molar-refractivity contribution is 5.79. The fraction of sp³-hybridized carbons (Fsp3) is 0.933. The first-order chi connectivity index (χ1) is 8.88. The minimum Gasteiger partial charge on any atom is -0.396 e. The Bertz CT molecular complexity index is 294. The lowest BCUT2D eigenvalue weighted by atomic mass is 9.72. The van der Waals surface area contributed by atoms with E-state index in [-0.39, 0.29) is 30.5 Å². The van der Waals surface area contributed by atoms with Gasteiger partial charge in [0.15, 0.2) is 0 Å². The van der Waals surface area contributed by atoms with Crippen molar-refractivity contribution in [1.82, 2.24) is 4.90 Å². The molecule has 112 valence electrons. The molecule has 0 aromatic heterocycles. The van der Waals surface area contributed by atoms with Gasteiger partial charge < -0.3 is 15.7 Å². The Morgan fingerprint density at radius 3 is 2.47 bits per heavy atom. The molecule has 0 aromatic carbocycles. The van der Waals surface area contributed by atoms with Crippen LogP contribution in [0.3, 0.4) is 0 Å². The first-order valence-electron chi connectivity index (χ1n) is 7.55. The zero-order valence-electron chi connectivity index (χ0n) is 12.8. The zero-order valence-corrected chi connectivity index (χ0v) is 12.8. The van der Waals surface area contributed by atoms with Gasteiger partial charge in [-0.2, -0.15) is 0 Å². The van der Waals surface area contributed by atoms with E-state index in [9.17, 15) is 4.79 Å². The molecule has 1 aliphatic rings. The van der Waals surface area contributed by atoms with Crippen molar-refractivity contribution in [3.05, 3.63) is 0 Å². The standard InChI is InChI=1S/C15H30N2O2/c1-10(2)17(6-5-7-18)15(19)13-9-14(16)12(4)8-11(13)3/h10-14,18H,5-9,16H2,1-4H3. The molecule has 1 saturated carbocycles. The van der Waals surface area contributed by atoms with Crippen LogP contribution in [0.5, 0.6) is 0 Å². The molecule has 0 bridgehead atoms. The second-order valence-corrected chi connectivity index (χ2v) is 6.40. The van der Waals surface area contributed by atoms with Crippen molar-refractivity contribution in [1.29, 1.82) is 0 Å². The highest BCUT2D eigenvalue weighted by Gasteiger charge is 2.37. The molecule has 1 fully saturated rings. The Morgan fingerprint density at radius 1 is 1.32 bits per heavy atom. The summed E-state index contributed by atoms with van der Waals surface area (Å²) in [5.41, 5.74) is 6.13. The van der Waals surface area contributed by atoms with E-state index in [4.69, 9.17) is 10.8 Å². The summed E-state index contributed by atoms with van der Waals surface area (Å²) < 4.78 is 0. The predicted molar refractivity (Wildman–Crippen MR) is 77.6 cm³/mol. The van der Waals surface area contributed by atoms with Crippen LogP contribution in [0.25, 0.3) is 0 Å². The number of rotatable bonds is 5. The van der Waals surface area contributed by atoms with Gasteiger partial charge in [-0.15, -0.1) is 0 Å². The lowest BCUT2D eigenvalue weighted by molar-refractivity contribution is -0.141. The van der Waals surface area contributed by atoms with Crippen LogP contribution in [0, 0.1) is 17.8 Å². The molecule has 1 amide bonds. The fourth-order valence-electron chi connectivity index (χ4n) is 3.10. The molecular weight excluding hydrogens is 240 g/mol. The van der Waals surface area contributed by atoms with Crippen molar-refractivity contribution in [2.45, 2.75) is 59.0 Å². The maximum absolute atomic E-state index is 12.7. The molecule has 1 aliphatic carbocycles. The van der Waals surface area contributed by atoms with E-state index < -0.39 is 0 Å². The fourth-order valence-corrected chi connectivity index (χ4v) is 3.10. The Morgan fingerprint density at radius 2 is 1.95 bits per heavy atom. The van der Waals surface area contributed by atoms with E-state index in [1.807, 2.05) is 18.7 Å². The summed E-state index contributed by atoms with van der Waals surface area (Å²) in [5, 5.41) is 8.96. The van der Waals surface area contributed by atoms with Crippen LogP contribution >= 0.6 is 0 Å². The maximum atomic E-state index is 12.7. The van der Waals surface area contributed by atoms with Gasteiger partial charge in [0, 0.05) is 31.2 Å². The summed E-state index contributed by atoms with van der Waals surface area (Å²) in [7, 11) is 0. The maximum Gasteiger partial charge on any atom is 0.226 e. The molecule has 0 heterocycles. The Kier molecular flexibility index (Phi) is 6.27. The third kappa shape index (κ3) is 4.18. The van der Waals surface area contributed by atoms with Gasteiger partial charge in [-0.3, -0.25) is 4.79 Å². The summed E-state index contributed by atoms with van der Waals surface area (Å²) in [6.45, 7) is 9.17. The molecule has 4 atom stereocenters. The van der Waals surface area contributed by atoms with Crippen LogP contribution in [-0.2, 0) is 4.79 Å². The largest absolute Gasteiger partial charge is 0.396 e. The molecule has 0 saturated heterocycles. The van der Waals surface area contributed by atoms with Crippen molar-refractivity contribution >= 4 is 5.91 Å². The van der Waals surface area contributed by atoms with Gasteiger partial charge in [0.1, 0.15) is 0 Å². The highest BCUT2D eigenvalue weighted by Crippen LogP contribution is 2.34. The molecule has 4 heteroatoms. The van der Waals surface area contributed by atoms with E-state index >= 15 is 0 Å². The van der Waals surface area contributed by atoms with Gasteiger partial charge in [0.2, 0.25) is 5.91 Å². The van der Waals surface area contributed by atoms with Crippen molar-refractivity contribution < 1.29 is 9.90 Å². The second kappa shape index (κ2) is 7.25. The van der Waals surface area contributed by atoms with Crippen molar-refractivity contribution in [2.75, 3.05) is 13.2 Å². The Labute approximate surface area is 117 Å². The summed E-state index contributed by atoms with van der Waals surface area (Å²) in [6.07, 6.45) is 2.47. The van der Waals surface area contributed by atoms with Crippen LogP contribution in [0.2, 0.25) is 0 Å². The topological polar surface area (TPSA) is 66.6 Å². The lowest BCUT2D eigenvalue weighted by Gasteiger charge is -2.39. The van der Waals surface area contributed by atoms with Crippen molar-refractivity contribution in [2.24, 2.45) is 23.5 Å². The molecule has 3 N–H and O–H groups in total. The van der Waals surface area contributed by atoms with E-state index in [0.29, 0.717) is 24.8 Å². The number of amides is 1. The number of carbonyl (C=O) groups excluding carboxylic acids is 1. The van der Waals surface area contributed by atoms with E-state index in [1.165, 1.54) is 0 Å². The number of hydrogen-bond donors (Lipinski definition) is 2. The molecule has 0 aromatic rings. The lowest BCUT2D eigenvalue weighted by Crippen LogP contribution is -2.48. The Balaban J connectivity index is 2.72. The highest BCUT2D eigenvalue weighted by atomic mass is 16.3. The minimum absolute atomic E-state index is 0.0484. The molecule has 0 spiro atoms. The number of aliphatic hydroxyl groups is 1. The van der Waals surface area contributed by atoms with Gasteiger partial charge in [-0.25, -0.2) is 0 Å². The van der Waals surface area contributed by atoms with Crippen LogP contribution < -0.4 is 5.73 Å². The average Bonchev–Trinajstić information content (AvgIpc) is 2.33. The second-order valence-electron chi connectivity index (χ2n) is 6.40. The molecule has 1 rings (SSSR count). The zero-order chi connectivity index (χ0) is 14.6. The molecular formula is C15H30N2O2. The van der Waals surface area contributed by atoms with Crippen molar-refractivity contribution in [3.8, 4) is 0 Å². The third-order valence-corrected chi connectivity index (χ3v) is 4.47.